The highest BCUT2D eigenvalue weighted by Gasteiger charge is 2.20. The molecule has 0 bridgehead atoms. The Labute approximate surface area is 155 Å². The third-order valence-electron chi connectivity index (χ3n) is 5.26. The van der Waals surface area contributed by atoms with Crippen LogP contribution in [0.15, 0.2) is 36.5 Å². The Morgan fingerprint density at radius 3 is 2.96 bits per heavy atom. The second kappa shape index (κ2) is 8.32. The fourth-order valence-electron chi connectivity index (χ4n) is 3.51. The van der Waals surface area contributed by atoms with Crippen molar-refractivity contribution in [1.29, 1.82) is 0 Å². The molecule has 2 aromatic rings. The molecule has 0 saturated carbocycles. The van der Waals surface area contributed by atoms with E-state index in [1.54, 1.807) is 6.20 Å². The number of carbonyl (C=O) groups is 1. The van der Waals surface area contributed by atoms with E-state index in [0.717, 1.165) is 30.8 Å². The standard InChI is InChI=1S/C21H28N4O/c1-3-25(2)20-11-15(9-10-23-20)14-24-21(26)17-8-7-16-5-4-6-18(13-22)19(16)12-17/h7-12,18H,3-6,13-14,22H2,1-2H3,(H,24,26). The number of hydrogen-bond acceptors (Lipinski definition) is 4. The van der Waals surface area contributed by atoms with Crippen LogP contribution in [-0.2, 0) is 13.0 Å². The lowest BCUT2D eigenvalue weighted by atomic mass is 9.82. The first-order valence-corrected chi connectivity index (χ1v) is 9.39. The lowest BCUT2D eigenvalue weighted by Crippen LogP contribution is -2.25. The zero-order valence-electron chi connectivity index (χ0n) is 15.7. The molecular formula is C21H28N4O. The number of aromatic nitrogens is 1. The van der Waals surface area contributed by atoms with Gasteiger partial charge in [0.05, 0.1) is 0 Å². The van der Waals surface area contributed by atoms with Gasteiger partial charge in [-0.25, -0.2) is 4.98 Å². The molecule has 1 heterocycles. The van der Waals surface area contributed by atoms with Crippen LogP contribution in [0.3, 0.4) is 0 Å². The van der Waals surface area contributed by atoms with Gasteiger partial charge in [-0.1, -0.05) is 6.07 Å². The Morgan fingerprint density at radius 1 is 1.35 bits per heavy atom. The largest absolute Gasteiger partial charge is 0.360 e. The SMILES string of the molecule is CCN(C)c1cc(CNC(=O)c2ccc3c(c2)C(CN)CCC3)ccn1. The average Bonchev–Trinajstić information content (AvgIpc) is 2.70. The summed E-state index contributed by atoms with van der Waals surface area (Å²) in [6.45, 7) is 4.10. The van der Waals surface area contributed by atoms with Gasteiger partial charge in [-0.2, -0.15) is 0 Å². The van der Waals surface area contributed by atoms with E-state index in [4.69, 9.17) is 5.73 Å². The summed E-state index contributed by atoms with van der Waals surface area (Å²) in [4.78, 5) is 19.0. The number of nitrogens with one attached hydrogen (secondary N) is 1. The number of carbonyl (C=O) groups excluding carboxylic acids is 1. The Balaban J connectivity index is 1.69. The highest BCUT2D eigenvalue weighted by Crippen LogP contribution is 2.31. The van der Waals surface area contributed by atoms with Crippen molar-refractivity contribution in [2.75, 3.05) is 25.0 Å². The number of benzene rings is 1. The number of hydrogen-bond donors (Lipinski definition) is 2. The van der Waals surface area contributed by atoms with Crippen molar-refractivity contribution < 1.29 is 4.79 Å². The lowest BCUT2D eigenvalue weighted by molar-refractivity contribution is 0.0950. The van der Waals surface area contributed by atoms with E-state index in [2.05, 4.69) is 28.2 Å². The van der Waals surface area contributed by atoms with E-state index in [9.17, 15) is 4.79 Å². The molecule has 0 aliphatic heterocycles. The molecule has 1 aliphatic rings. The Hall–Kier alpha value is -2.40. The normalized spacial score (nSPS) is 16.0. The number of pyridine rings is 1. The van der Waals surface area contributed by atoms with Gasteiger partial charge < -0.3 is 16.0 Å². The van der Waals surface area contributed by atoms with Crippen molar-refractivity contribution in [2.24, 2.45) is 5.73 Å². The van der Waals surface area contributed by atoms with E-state index >= 15 is 0 Å². The molecule has 5 heteroatoms. The van der Waals surface area contributed by atoms with Crippen LogP contribution in [0.1, 0.15) is 52.7 Å². The molecule has 1 aliphatic carbocycles. The molecule has 3 N–H and O–H groups in total. The van der Waals surface area contributed by atoms with Gasteiger partial charge >= 0.3 is 0 Å². The molecule has 26 heavy (non-hydrogen) atoms. The Bertz CT molecular complexity index is 774. The third-order valence-corrected chi connectivity index (χ3v) is 5.26. The molecule has 0 radical (unpaired) electrons. The smallest absolute Gasteiger partial charge is 0.251 e. The zero-order valence-corrected chi connectivity index (χ0v) is 15.7. The zero-order chi connectivity index (χ0) is 18.5. The average molecular weight is 352 g/mol. The molecule has 1 aromatic carbocycles. The van der Waals surface area contributed by atoms with E-state index < -0.39 is 0 Å². The minimum absolute atomic E-state index is 0.0450. The van der Waals surface area contributed by atoms with E-state index in [1.165, 1.54) is 17.5 Å². The van der Waals surface area contributed by atoms with E-state index in [0.29, 0.717) is 24.6 Å². The van der Waals surface area contributed by atoms with E-state index in [-0.39, 0.29) is 5.91 Å². The summed E-state index contributed by atoms with van der Waals surface area (Å²) in [5.74, 6) is 1.24. The van der Waals surface area contributed by atoms with Gasteiger partial charge in [-0.15, -0.1) is 0 Å². The first-order chi connectivity index (χ1) is 12.6. The maximum Gasteiger partial charge on any atom is 0.251 e. The topological polar surface area (TPSA) is 71.2 Å². The fourth-order valence-corrected chi connectivity index (χ4v) is 3.51. The predicted octanol–water partition coefficient (Wildman–Crippen LogP) is 2.85. The molecule has 1 aromatic heterocycles. The van der Waals surface area contributed by atoms with Crippen molar-refractivity contribution in [3.8, 4) is 0 Å². The Morgan fingerprint density at radius 2 is 2.19 bits per heavy atom. The minimum Gasteiger partial charge on any atom is -0.360 e. The summed E-state index contributed by atoms with van der Waals surface area (Å²) in [6, 6.07) is 10.00. The van der Waals surface area contributed by atoms with Crippen LogP contribution in [0.2, 0.25) is 0 Å². The summed E-state index contributed by atoms with van der Waals surface area (Å²) in [6.07, 6.45) is 5.16. The highest BCUT2D eigenvalue weighted by atomic mass is 16.1. The minimum atomic E-state index is -0.0450. The molecule has 3 rings (SSSR count). The molecular weight excluding hydrogens is 324 g/mol. The number of amides is 1. The van der Waals surface area contributed by atoms with Gasteiger partial charge in [0.2, 0.25) is 0 Å². The molecule has 138 valence electrons. The first-order valence-electron chi connectivity index (χ1n) is 9.39. The van der Waals surface area contributed by atoms with Gasteiger partial charge in [0, 0.05) is 31.9 Å². The van der Waals surface area contributed by atoms with Gasteiger partial charge in [-0.3, -0.25) is 4.79 Å². The van der Waals surface area contributed by atoms with Gasteiger partial charge in [0.1, 0.15) is 5.82 Å². The molecule has 1 atom stereocenters. The molecule has 0 spiro atoms. The van der Waals surface area contributed by atoms with Crippen LogP contribution < -0.4 is 16.0 Å². The number of nitrogens with two attached hydrogens (primary N) is 1. The molecule has 1 unspecified atom stereocenters. The number of nitrogens with zero attached hydrogens (tertiary/aromatic N) is 2. The second-order valence-corrected chi connectivity index (χ2v) is 6.96. The van der Waals surface area contributed by atoms with Gasteiger partial charge in [0.25, 0.3) is 5.91 Å². The summed E-state index contributed by atoms with van der Waals surface area (Å²) < 4.78 is 0. The molecule has 1 amide bonds. The molecule has 5 nitrogen and oxygen atoms in total. The highest BCUT2D eigenvalue weighted by molar-refractivity contribution is 5.94. The number of rotatable bonds is 6. The van der Waals surface area contributed by atoms with Crippen LogP contribution in [0.25, 0.3) is 0 Å². The number of fused-ring (bicyclic) bond motifs is 1. The number of aryl methyl sites for hydroxylation is 1. The van der Waals surface area contributed by atoms with Gasteiger partial charge in [0.15, 0.2) is 0 Å². The third kappa shape index (κ3) is 4.05. The van der Waals surface area contributed by atoms with Crippen LogP contribution in [0, 0.1) is 0 Å². The lowest BCUT2D eigenvalue weighted by Gasteiger charge is -2.24. The van der Waals surface area contributed by atoms with Crippen LogP contribution in [-0.4, -0.2) is 31.0 Å². The summed E-state index contributed by atoms with van der Waals surface area (Å²) in [5.41, 5.74) is 10.3. The number of anilines is 1. The van der Waals surface area contributed by atoms with Crippen molar-refractivity contribution in [3.05, 3.63) is 58.8 Å². The quantitative estimate of drug-likeness (QED) is 0.839. The van der Waals surface area contributed by atoms with Crippen molar-refractivity contribution >= 4 is 11.7 Å². The van der Waals surface area contributed by atoms with Crippen molar-refractivity contribution in [1.82, 2.24) is 10.3 Å². The predicted molar refractivity (Wildman–Crippen MR) is 106 cm³/mol. The summed E-state index contributed by atoms with van der Waals surface area (Å²) >= 11 is 0. The Kier molecular flexibility index (Phi) is 5.89. The van der Waals surface area contributed by atoms with Gasteiger partial charge in [-0.05, 0) is 79.6 Å². The fraction of sp³-hybridized carbons (Fsp3) is 0.429. The maximum atomic E-state index is 12.6. The maximum absolute atomic E-state index is 12.6. The monoisotopic (exact) mass is 352 g/mol. The van der Waals surface area contributed by atoms with Crippen molar-refractivity contribution in [3.63, 3.8) is 0 Å². The van der Waals surface area contributed by atoms with Crippen molar-refractivity contribution in [2.45, 2.75) is 38.6 Å². The van der Waals surface area contributed by atoms with E-state index in [1.807, 2.05) is 31.3 Å². The molecule has 0 fully saturated rings. The summed E-state index contributed by atoms with van der Waals surface area (Å²) in [7, 11) is 2.01. The van der Waals surface area contributed by atoms with Crippen LogP contribution in [0.5, 0.6) is 0 Å². The first kappa shape index (κ1) is 18.4. The van der Waals surface area contributed by atoms with Crippen LogP contribution in [0.4, 0.5) is 5.82 Å². The second-order valence-electron chi connectivity index (χ2n) is 6.96. The molecule has 0 saturated heterocycles. The van der Waals surface area contributed by atoms with Crippen LogP contribution >= 0.6 is 0 Å². The summed E-state index contributed by atoms with van der Waals surface area (Å²) in [5, 5.41) is 3.02.